The number of ether oxygens (including phenoxy) is 1. The number of hydrogen-bond donors (Lipinski definition) is 2. The van der Waals surface area contributed by atoms with Crippen molar-refractivity contribution in [3.05, 3.63) is 64.7 Å². The van der Waals surface area contributed by atoms with Crippen LogP contribution in [-0.4, -0.2) is 24.4 Å². The molecule has 0 saturated heterocycles. The van der Waals surface area contributed by atoms with E-state index in [1.54, 1.807) is 30.5 Å². The SMILES string of the molecule is COC(=O)c1ccc(/C=N\NC(=S)Nc2cccc(C)c2C)cc1. The van der Waals surface area contributed by atoms with Gasteiger partial charge in [-0.2, -0.15) is 5.10 Å². The van der Waals surface area contributed by atoms with Gasteiger partial charge in [-0.15, -0.1) is 0 Å². The predicted molar refractivity (Wildman–Crippen MR) is 101 cm³/mol. The van der Waals surface area contributed by atoms with Crippen LogP contribution in [-0.2, 0) is 4.74 Å². The minimum absolute atomic E-state index is 0.365. The number of carbonyl (C=O) groups excluding carboxylic acids is 1. The fourth-order valence-electron chi connectivity index (χ4n) is 2.03. The molecule has 0 aliphatic heterocycles. The fourth-order valence-corrected chi connectivity index (χ4v) is 2.19. The topological polar surface area (TPSA) is 62.7 Å². The van der Waals surface area contributed by atoms with Gasteiger partial charge in [0, 0.05) is 5.69 Å². The molecule has 0 bridgehead atoms. The number of hydrogen-bond acceptors (Lipinski definition) is 4. The van der Waals surface area contributed by atoms with Crippen LogP contribution in [0.5, 0.6) is 0 Å². The number of benzene rings is 2. The Kier molecular flexibility index (Phi) is 6.03. The van der Waals surface area contributed by atoms with E-state index in [9.17, 15) is 4.79 Å². The van der Waals surface area contributed by atoms with E-state index in [0.717, 1.165) is 16.8 Å². The van der Waals surface area contributed by atoms with Gasteiger partial charge in [0.15, 0.2) is 5.11 Å². The van der Waals surface area contributed by atoms with Crippen LogP contribution in [0.4, 0.5) is 5.69 Å². The molecule has 0 heterocycles. The van der Waals surface area contributed by atoms with Crippen LogP contribution in [0.25, 0.3) is 0 Å². The Labute approximate surface area is 146 Å². The highest BCUT2D eigenvalue weighted by Crippen LogP contribution is 2.17. The minimum atomic E-state index is -0.365. The van der Waals surface area contributed by atoms with Crippen LogP contribution >= 0.6 is 12.2 Å². The summed E-state index contributed by atoms with van der Waals surface area (Å²) in [4.78, 5) is 11.4. The lowest BCUT2D eigenvalue weighted by Gasteiger charge is -2.11. The summed E-state index contributed by atoms with van der Waals surface area (Å²) < 4.78 is 4.65. The molecule has 0 aromatic heterocycles. The van der Waals surface area contributed by atoms with Crippen molar-refractivity contribution in [3.8, 4) is 0 Å². The standard InChI is InChI=1S/C18H19N3O2S/c1-12-5-4-6-16(13(12)2)20-18(24)21-19-11-14-7-9-15(10-8-14)17(22)23-3/h4-11H,1-3H3,(H2,20,21,24)/b19-11-. The molecule has 2 rings (SSSR count). The average molecular weight is 341 g/mol. The fraction of sp³-hybridized carbons (Fsp3) is 0.167. The van der Waals surface area contributed by atoms with Crippen LogP contribution in [0.3, 0.4) is 0 Å². The molecule has 5 nitrogen and oxygen atoms in total. The van der Waals surface area contributed by atoms with Gasteiger partial charge >= 0.3 is 5.97 Å². The zero-order chi connectivity index (χ0) is 17.5. The molecule has 0 radical (unpaired) electrons. The summed E-state index contributed by atoms with van der Waals surface area (Å²) in [5.41, 5.74) is 7.39. The summed E-state index contributed by atoms with van der Waals surface area (Å²) in [5.74, 6) is -0.365. The molecular weight excluding hydrogens is 322 g/mol. The van der Waals surface area contributed by atoms with Crippen molar-refractivity contribution in [1.29, 1.82) is 0 Å². The Morgan fingerprint density at radius 2 is 1.88 bits per heavy atom. The van der Waals surface area contributed by atoms with Gasteiger partial charge < -0.3 is 10.1 Å². The number of nitrogens with one attached hydrogen (secondary N) is 2. The number of carbonyl (C=O) groups is 1. The van der Waals surface area contributed by atoms with Crippen molar-refractivity contribution < 1.29 is 9.53 Å². The van der Waals surface area contributed by atoms with Crippen LogP contribution in [0.15, 0.2) is 47.6 Å². The second-order valence-corrected chi connectivity index (χ2v) is 5.59. The number of esters is 1. The molecule has 124 valence electrons. The monoisotopic (exact) mass is 341 g/mol. The molecule has 0 amide bonds. The Balaban J connectivity index is 1.92. The first-order valence-corrected chi connectivity index (χ1v) is 7.76. The largest absolute Gasteiger partial charge is 0.465 e. The molecule has 6 heteroatoms. The Bertz CT molecular complexity index is 770. The molecule has 0 spiro atoms. The van der Waals surface area contributed by atoms with E-state index in [1.807, 2.05) is 32.0 Å². The lowest BCUT2D eigenvalue weighted by Crippen LogP contribution is -2.24. The van der Waals surface area contributed by atoms with E-state index in [1.165, 1.54) is 12.7 Å². The summed E-state index contributed by atoms with van der Waals surface area (Å²) in [6.45, 7) is 4.08. The molecule has 2 aromatic rings. The van der Waals surface area contributed by atoms with Crippen molar-refractivity contribution in [2.75, 3.05) is 12.4 Å². The van der Waals surface area contributed by atoms with Gasteiger partial charge in [0.2, 0.25) is 0 Å². The maximum Gasteiger partial charge on any atom is 0.337 e. The number of anilines is 1. The maximum absolute atomic E-state index is 11.4. The molecule has 0 atom stereocenters. The molecule has 2 N–H and O–H groups in total. The van der Waals surface area contributed by atoms with E-state index < -0.39 is 0 Å². The van der Waals surface area contributed by atoms with Gasteiger partial charge in [-0.05, 0) is 61.0 Å². The smallest absolute Gasteiger partial charge is 0.337 e. The van der Waals surface area contributed by atoms with Crippen molar-refractivity contribution in [3.63, 3.8) is 0 Å². The van der Waals surface area contributed by atoms with Crippen molar-refractivity contribution in [2.24, 2.45) is 5.10 Å². The highest BCUT2D eigenvalue weighted by molar-refractivity contribution is 7.80. The van der Waals surface area contributed by atoms with Gasteiger partial charge in [0.1, 0.15) is 0 Å². The van der Waals surface area contributed by atoms with Gasteiger partial charge in [-0.25, -0.2) is 4.79 Å². The second kappa shape index (κ2) is 8.21. The molecule has 2 aromatic carbocycles. The predicted octanol–water partition coefficient (Wildman–Crippen LogP) is 3.41. The minimum Gasteiger partial charge on any atom is -0.465 e. The van der Waals surface area contributed by atoms with Crippen LogP contribution in [0.2, 0.25) is 0 Å². The van der Waals surface area contributed by atoms with Gasteiger partial charge in [-0.3, -0.25) is 5.43 Å². The van der Waals surface area contributed by atoms with Crippen LogP contribution in [0.1, 0.15) is 27.0 Å². The summed E-state index contributed by atoms with van der Waals surface area (Å²) in [6.07, 6.45) is 1.62. The van der Waals surface area contributed by atoms with E-state index in [0.29, 0.717) is 10.7 Å². The first-order valence-electron chi connectivity index (χ1n) is 7.36. The lowest BCUT2D eigenvalue weighted by molar-refractivity contribution is 0.0600. The van der Waals surface area contributed by atoms with Crippen LogP contribution in [0, 0.1) is 13.8 Å². The third kappa shape index (κ3) is 4.63. The molecule has 24 heavy (non-hydrogen) atoms. The first kappa shape index (κ1) is 17.6. The van der Waals surface area contributed by atoms with Crippen molar-refractivity contribution in [2.45, 2.75) is 13.8 Å². The van der Waals surface area contributed by atoms with Crippen LogP contribution < -0.4 is 10.7 Å². The number of aryl methyl sites for hydroxylation is 1. The Hall–Kier alpha value is -2.73. The maximum atomic E-state index is 11.4. The van der Waals surface area contributed by atoms with Crippen molar-refractivity contribution >= 4 is 35.2 Å². The zero-order valence-electron chi connectivity index (χ0n) is 13.8. The Morgan fingerprint density at radius 1 is 1.17 bits per heavy atom. The summed E-state index contributed by atoms with van der Waals surface area (Å²) in [7, 11) is 1.35. The third-order valence-corrected chi connectivity index (χ3v) is 3.76. The molecular formula is C18H19N3O2S. The molecule has 0 aliphatic rings. The number of nitrogens with zero attached hydrogens (tertiary/aromatic N) is 1. The summed E-state index contributed by atoms with van der Waals surface area (Å²) >= 11 is 5.23. The second-order valence-electron chi connectivity index (χ2n) is 5.19. The summed E-state index contributed by atoms with van der Waals surface area (Å²) in [5, 5.41) is 7.61. The molecule has 0 saturated carbocycles. The number of methoxy groups -OCH3 is 1. The lowest BCUT2D eigenvalue weighted by atomic mass is 10.1. The van der Waals surface area contributed by atoms with E-state index >= 15 is 0 Å². The zero-order valence-corrected chi connectivity index (χ0v) is 14.6. The highest BCUT2D eigenvalue weighted by Gasteiger charge is 2.04. The molecule has 0 fully saturated rings. The summed E-state index contributed by atoms with van der Waals surface area (Å²) in [6, 6.07) is 12.9. The number of thiocarbonyl (C=S) groups is 1. The van der Waals surface area contributed by atoms with Crippen molar-refractivity contribution in [1.82, 2.24) is 5.43 Å². The normalized spacial score (nSPS) is 10.5. The molecule has 0 unspecified atom stereocenters. The van der Waals surface area contributed by atoms with E-state index in [2.05, 4.69) is 20.6 Å². The van der Waals surface area contributed by atoms with Gasteiger partial charge in [-0.1, -0.05) is 24.3 Å². The Morgan fingerprint density at radius 3 is 2.54 bits per heavy atom. The first-order chi connectivity index (χ1) is 11.5. The number of rotatable bonds is 4. The number of hydrazone groups is 1. The quantitative estimate of drug-likeness (QED) is 0.386. The van der Waals surface area contributed by atoms with Gasteiger partial charge in [0.25, 0.3) is 0 Å². The highest BCUT2D eigenvalue weighted by atomic mass is 32.1. The van der Waals surface area contributed by atoms with Gasteiger partial charge in [0.05, 0.1) is 18.9 Å². The third-order valence-electron chi connectivity index (χ3n) is 3.56. The average Bonchev–Trinajstić information content (AvgIpc) is 2.59. The van der Waals surface area contributed by atoms with E-state index in [4.69, 9.17) is 12.2 Å². The molecule has 0 aliphatic carbocycles. The van der Waals surface area contributed by atoms with E-state index in [-0.39, 0.29) is 5.97 Å².